The van der Waals surface area contributed by atoms with E-state index >= 15 is 0 Å². The average Bonchev–Trinajstić information content (AvgIpc) is 1.78. The molecule has 1 rings (SSSR count). The largest absolute Gasteiger partial charge is 0.368 e. The molecule has 0 saturated heterocycles. The minimum atomic E-state index is -0.438. The standard InChI is InChI=1S/C8H14N4O/c1-8(2,3)4-5-10-6(9)12-7(13)11-5/h4H2,1-3H3,(H3,9,10,11,12,13). The van der Waals surface area contributed by atoms with E-state index in [-0.39, 0.29) is 11.4 Å². The van der Waals surface area contributed by atoms with Crippen LogP contribution in [0.2, 0.25) is 0 Å². The molecule has 13 heavy (non-hydrogen) atoms. The maximum atomic E-state index is 10.9. The molecule has 0 aliphatic carbocycles. The van der Waals surface area contributed by atoms with Crippen LogP contribution in [0.1, 0.15) is 26.6 Å². The van der Waals surface area contributed by atoms with Gasteiger partial charge in [-0.2, -0.15) is 9.97 Å². The highest BCUT2D eigenvalue weighted by Gasteiger charge is 2.13. The summed E-state index contributed by atoms with van der Waals surface area (Å²) in [6, 6.07) is 0. The Balaban J connectivity index is 2.96. The zero-order chi connectivity index (χ0) is 10.1. The van der Waals surface area contributed by atoms with E-state index in [0.29, 0.717) is 12.2 Å². The zero-order valence-corrected chi connectivity index (χ0v) is 8.09. The van der Waals surface area contributed by atoms with Gasteiger partial charge in [0.1, 0.15) is 5.82 Å². The van der Waals surface area contributed by atoms with E-state index in [0.717, 1.165) is 0 Å². The molecule has 0 amide bonds. The van der Waals surface area contributed by atoms with E-state index in [1.54, 1.807) is 0 Å². The van der Waals surface area contributed by atoms with Gasteiger partial charge in [-0.15, -0.1) is 0 Å². The molecule has 0 aliphatic heterocycles. The molecule has 3 N–H and O–H groups in total. The fourth-order valence-electron chi connectivity index (χ4n) is 1.03. The summed E-state index contributed by atoms with van der Waals surface area (Å²) in [6.07, 6.45) is 0.676. The molecule has 72 valence electrons. The number of nitrogens with one attached hydrogen (secondary N) is 1. The van der Waals surface area contributed by atoms with E-state index in [1.807, 2.05) is 0 Å². The highest BCUT2D eigenvalue weighted by molar-refractivity contribution is 5.12. The van der Waals surface area contributed by atoms with Crippen LogP contribution in [0.15, 0.2) is 4.79 Å². The lowest BCUT2D eigenvalue weighted by molar-refractivity contribution is 0.399. The summed E-state index contributed by atoms with van der Waals surface area (Å²) in [5.74, 6) is 0.619. The molecule has 0 saturated carbocycles. The van der Waals surface area contributed by atoms with Gasteiger partial charge < -0.3 is 5.73 Å². The summed E-state index contributed by atoms with van der Waals surface area (Å²) >= 11 is 0. The smallest absolute Gasteiger partial charge is 0.349 e. The number of aromatic amines is 1. The van der Waals surface area contributed by atoms with Crippen molar-refractivity contribution in [3.63, 3.8) is 0 Å². The Morgan fingerprint density at radius 3 is 2.46 bits per heavy atom. The second-order valence-electron chi connectivity index (χ2n) is 4.20. The van der Waals surface area contributed by atoms with Crippen molar-refractivity contribution in [1.29, 1.82) is 0 Å². The number of hydrogen-bond acceptors (Lipinski definition) is 4. The highest BCUT2D eigenvalue weighted by Crippen LogP contribution is 2.17. The van der Waals surface area contributed by atoms with Crippen LogP contribution in [0, 0.1) is 5.41 Å². The van der Waals surface area contributed by atoms with Crippen LogP contribution in [0.25, 0.3) is 0 Å². The maximum Gasteiger partial charge on any atom is 0.349 e. The molecular formula is C8H14N4O. The molecule has 5 nitrogen and oxygen atoms in total. The summed E-state index contributed by atoms with van der Waals surface area (Å²) in [5.41, 5.74) is 4.97. The number of nitrogens with zero attached hydrogens (tertiary/aromatic N) is 2. The van der Waals surface area contributed by atoms with Crippen molar-refractivity contribution >= 4 is 5.95 Å². The van der Waals surface area contributed by atoms with Crippen molar-refractivity contribution in [2.75, 3.05) is 5.73 Å². The number of nitrogen functional groups attached to an aromatic ring is 1. The van der Waals surface area contributed by atoms with Gasteiger partial charge >= 0.3 is 5.69 Å². The normalized spacial score (nSPS) is 11.6. The fraction of sp³-hybridized carbons (Fsp3) is 0.625. The summed E-state index contributed by atoms with van der Waals surface area (Å²) in [6.45, 7) is 6.18. The van der Waals surface area contributed by atoms with Crippen molar-refractivity contribution in [3.8, 4) is 0 Å². The van der Waals surface area contributed by atoms with Crippen molar-refractivity contribution < 1.29 is 0 Å². The lowest BCUT2D eigenvalue weighted by atomic mass is 9.92. The molecule has 1 aromatic rings. The van der Waals surface area contributed by atoms with Crippen molar-refractivity contribution in [2.24, 2.45) is 5.41 Å². The SMILES string of the molecule is CC(C)(C)Cc1nc(N)nc(=O)[nH]1. The quantitative estimate of drug-likeness (QED) is 0.655. The summed E-state index contributed by atoms with van der Waals surface area (Å²) in [5, 5.41) is 0. The van der Waals surface area contributed by atoms with E-state index in [1.165, 1.54) is 0 Å². The van der Waals surface area contributed by atoms with Crippen molar-refractivity contribution in [1.82, 2.24) is 15.0 Å². The first-order valence-electron chi connectivity index (χ1n) is 4.09. The van der Waals surface area contributed by atoms with E-state index < -0.39 is 5.69 Å². The molecule has 0 unspecified atom stereocenters. The Labute approximate surface area is 76.4 Å². The highest BCUT2D eigenvalue weighted by atomic mass is 16.1. The van der Waals surface area contributed by atoms with Crippen LogP contribution in [-0.4, -0.2) is 15.0 Å². The number of anilines is 1. The Hall–Kier alpha value is -1.39. The molecule has 0 radical (unpaired) electrons. The van der Waals surface area contributed by atoms with Crippen LogP contribution in [-0.2, 0) is 6.42 Å². The minimum Gasteiger partial charge on any atom is -0.368 e. The Morgan fingerprint density at radius 1 is 1.38 bits per heavy atom. The first kappa shape index (κ1) is 9.70. The molecule has 0 atom stereocenters. The second kappa shape index (κ2) is 3.16. The van der Waals surface area contributed by atoms with Gasteiger partial charge in [-0.05, 0) is 5.41 Å². The molecule has 1 aromatic heterocycles. The third kappa shape index (κ3) is 3.23. The predicted molar refractivity (Wildman–Crippen MR) is 50.2 cm³/mol. The number of H-pyrrole nitrogens is 1. The zero-order valence-electron chi connectivity index (χ0n) is 8.09. The summed E-state index contributed by atoms with van der Waals surface area (Å²) < 4.78 is 0. The molecule has 1 heterocycles. The van der Waals surface area contributed by atoms with Crippen LogP contribution in [0.5, 0.6) is 0 Å². The molecule has 0 bridgehead atoms. The van der Waals surface area contributed by atoms with Gasteiger partial charge in [0.2, 0.25) is 5.95 Å². The van der Waals surface area contributed by atoms with Crippen molar-refractivity contribution in [2.45, 2.75) is 27.2 Å². The second-order valence-corrected chi connectivity index (χ2v) is 4.20. The van der Waals surface area contributed by atoms with Gasteiger partial charge in [-0.25, -0.2) is 4.79 Å². The van der Waals surface area contributed by atoms with Gasteiger partial charge in [0.15, 0.2) is 0 Å². The van der Waals surface area contributed by atoms with Gasteiger partial charge in [-0.3, -0.25) is 4.98 Å². The van der Waals surface area contributed by atoms with Gasteiger partial charge in [-0.1, -0.05) is 20.8 Å². The molecule has 0 aliphatic rings. The average molecular weight is 182 g/mol. The first-order chi connectivity index (χ1) is 5.87. The number of aromatic nitrogens is 3. The van der Waals surface area contributed by atoms with Crippen LogP contribution in [0.4, 0.5) is 5.95 Å². The predicted octanol–water partition coefficient (Wildman–Crippen LogP) is 0.336. The fourth-order valence-corrected chi connectivity index (χ4v) is 1.03. The van der Waals surface area contributed by atoms with E-state index in [9.17, 15) is 4.79 Å². The Bertz CT molecular complexity index is 350. The minimum absolute atomic E-state index is 0.0306. The van der Waals surface area contributed by atoms with E-state index in [2.05, 4.69) is 35.7 Å². The molecule has 0 spiro atoms. The maximum absolute atomic E-state index is 10.9. The van der Waals surface area contributed by atoms with Gasteiger partial charge in [0.25, 0.3) is 0 Å². The van der Waals surface area contributed by atoms with Crippen LogP contribution >= 0.6 is 0 Å². The molecular weight excluding hydrogens is 168 g/mol. The summed E-state index contributed by atoms with van der Waals surface area (Å²) in [7, 11) is 0. The van der Waals surface area contributed by atoms with Gasteiger partial charge in [0, 0.05) is 6.42 Å². The molecule has 0 aromatic carbocycles. The monoisotopic (exact) mass is 182 g/mol. The number of rotatable bonds is 1. The molecule has 5 heteroatoms. The van der Waals surface area contributed by atoms with Crippen LogP contribution < -0.4 is 11.4 Å². The van der Waals surface area contributed by atoms with Gasteiger partial charge in [0.05, 0.1) is 0 Å². The Kier molecular flexibility index (Phi) is 2.36. The number of nitrogens with two attached hydrogens (primary N) is 1. The third-order valence-electron chi connectivity index (χ3n) is 1.41. The summed E-state index contributed by atoms with van der Waals surface area (Å²) in [4.78, 5) is 20.8. The first-order valence-corrected chi connectivity index (χ1v) is 4.09. The number of hydrogen-bond donors (Lipinski definition) is 2. The molecule has 0 fully saturated rings. The Morgan fingerprint density at radius 2 is 2.00 bits per heavy atom. The van der Waals surface area contributed by atoms with Crippen molar-refractivity contribution in [3.05, 3.63) is 16.3 Å². The third-order valence-corrected chi connectivity index (χ3v) is 1.41. The lowest BCUT2D eigenvalue weighted by Crippen LogP contribution is -2.21. The lowest BCUT2D eigenvalue weighted by Gasteiger charge is -2.16. The topological polar surface area (TPSA) is 84.7 Å². The van der Waals surface area contributed by atoms with Crippen LogP contribution in [0.3, 0.4) is 0 Å². The van der Waals surface area contributed by atoms with E-state index in [4.69, 9.17) is 5.73 Å².